The van der Waals surface area contributed by atoms with E-state index >= 15 is 0 Å². The Morgan fingerprint density at radius 1 is 1.19 bits per heavy atom. The number of aliphatic carboxylic acids is 1. The molecule has 0 saturated heterocycles. The average Bonchev–Trinajstić information content (AvgIpc) is 2.66. The Labute approximate surface area is 156 Å². The largest absolute Gasteiger partial charge is 0.496 e. The molecule has 1 unspecified atom stereocenters. The average molecular weight is 375 g/mol. The summed E-state index contributed by atoms with van der Waals surface area (Å²) in [6, 6.07) is 11.1. The number of hydrogen-bond acceptors (Lipinski definition) is 4. The van der Waals surface area contributed by atoms with Crippen LogP contribution in [-0.2, 0) is 11.2 Å². The monoisotopic (exact) mass is 375 g/mol. The Kier molecular flexibility index (Phi) is 7.16. The number of benzene rings is 2. The van der Waals surface area contributed by atoms with Crippen LogP contribution in [0.15, 0.2) is 42.5 Å². The molecule has 0 bridgehead atoms. The standard InChI is InChI=1S/C20H22FNO5/c1-3-27-18-15(8-6-9-16(18)21)19(23)22-12-14(20(24)25)11-13-7-4-5-10-17(13)26-2/h4-10,14H,3,11-12H2,1-2H3,(H,22,23)(H,24,25). The summed E-state index contributed by atoms with van der Waals surface area (Å²) in [5.41, 5.74) is 0.751. The van der Waals surface area contributed by atoms with Gasteiger partial charge in [0.2, 0.25) is 0 Å². The summed E-state index contributed by atoms with van der Waals surface area (Å²) in [5, 5.41) is 12.0. The minimum atomic E-state index is -1.05. The van der Waals surface area contributed by atoms with Gasteiger partial charge in [0.05, 0.1) is 25.2 Å². The van der Waals surface area contributed by atoms with E-state index in [1.807, 2.05) is 0 Å². The minimum absolute atomic E-state index is 0.0262. The lowest BCUT2D eigenvalue weighted by molar-refractivity contribution is -0.141. The second-order valence-corrected chi connectivity index (χ2v) is 5.81. The van der Waals surface area contributed by atoms with Gasteiger partial charge in [-0.05, 0) is 37.1 Å². The van der Waals surface area contributed by atoms with Crippen LogP contribution in [0.2, 0.25) is 0 Å². The zero-order chi connectivity index (χ0) is 19.8. The van der Waals surface area contributed by atoms with Gasteiger partial charge in [-0.2, -0.15) is 0 Å². The molecule has 1 atom stereocenters. The van der Waals surface area contributed by atoms with Gasteiger partial charge in [-0.1, -0.05) is 24.3 Å². The second kappa shape index (κ2) is 9.56. The minimum Gasteiger partial charge on any atom is -0.496 e. The Morgan fingerprint density at radius 3 is 2.59 bits per heavy atom. The second-order valence-electron chi connectivity index (χ2n) is 5.81. The molecule has 2 aromatic rings. The van der Waals surface area contributed by atoms with Crippen molar-refractivity contribution in [2.75, 3.05) is 20.3 Å². The number of nitrogens with one attached hydrogen (secondary N) is 1. The van der Waals surface area contributed by atoms with Crippen LogP contribution in [0.3, 0.4) is 0 Å². The molecular formula is C20H22FNO5. The molecule has 0 heterocycles. The molecule has 2 rings (SSSR count). The van der Waals surface area contributed by atoms with Crippen LogP contribution in [0, 0.1) is 11.7 Å². The van der Waals surface area contributed by atoms with Crippen molar-refractivity contribution in [1.82, 2.24) is 5.32 Å². The van der Waals surface area contributed by atoms with Crippen molar-refractivity contribution in [3.8, 4) is 11.5 Å². The molecule has 0 aliphatic heterocycles. The fourth-order valence-corrected chi connectivity index (χ4v) is 2.67. The normalized spacial score (nSPS) is 11.5. The van der Waals surface area contributed by atoms with Crippen molar-refractivity contribution in [3.63, 3.8) is 0 Å². The van der Waals surface area contributed by atoms with Crippen molar-refractivity contribution in [2.45, 2.75) is 13.3 Å². The zero-order valence-corrected chi connectivity index (χ0v) is 15.2. The fraction of sp³-hybridized carbons (Fsp3) is 0.300. The third kappa shape index (κ3) is 5.20. The van der Waals surface area contributed by atoms with Crippen LogP contribution in [0.25, 0.3) is 0 Å². The van der Waals surface area contributed by atoms with E-state index in [0.29, 0.717) is 5.75 Å². The predicted molar refractivity (Wildman–Crippen MR) is 97.7 cm³/mol. The number of ether oxygens (including phenoxy) is 2. The van der Waals surface area contributed by atoms with Crippen LogP contribution in [0.4, 0.5) is 4.39 Å². The molecule has 0 aromatic heterocycles. The lowest BCUT2D eigenvalue weighted by Crippen LogP contribution is -2.34. The number of halogens is 1. The molecule has 2 aromatic carbocycles. The van der Waals surface area contributed by atoms with Crippen LogP contribution in [0.5, 0.6) is 11.5 Å². The van der Waals surface area contributed by atoms with E-state index in [2.05, 4.69) is 5.32 Å². The smallest absolute Gasteiger partial charge is 0.308 e. The molecule has 6 nitrogen and oxygen atoms in total. The van der Waals surface area contributed by atoms with E-state index in [9.17, 15) is 19.1 Å². The van der Waals surface area contributed by atoms with Crippen molar-refractivity contribution >= 4 is 11.9 Å². The lowest BCUT2D eigenvalue weighted by atomic mass is 9.98. The number of carbonyl (C=O) groups is 2. The number of carbonyl (C=O) groups excluding carboxylic acids is 1. The molecule has 0 spiro atoms. The maximum atomic E-state index is 13.9. The number of para-hydroxylation sites is 2. The molecule has 7 heteroatoms. The molecule has 144 valence electrons. The van der Waals surface area contributed by atoms with Gasteiger partial charge in [0.15, 0.2) is 11.6 Å². The first-order valence-electron chi connectivity index (χ1n) is 8.52. The maximum Gasteiger partial charge on any atom is 0.308 e. The Hall–Kier alpha value is -3.09. The van der Waals surface area contributed by atoms with Gasteiger partial charge in [0, 0.05) is 6.54 Å². The molecule has 0 radical (unpaired) electrons. The molecule has 27 heavy (non-hydrogen) atoms. The highest BCUT2D eigenvalue weighted by Gasteiger charge is 2.22. The fourth-order valence-electron chi connectivity index (χ4n) is 2.67. The van der Waals surface area contributed by atoms with E-state index in [1.54, 1.807) is 31.2 Å². The highest BCUT2D eigenvalue weighted by molar-refractivity contribution is 5.97. The van der Waals surface area contributed by atoms with Gasteiger partial charge in [0.1, 0.15) is 5.75 Å². The van der Waals surface area contributed by atoms with Crippen molar-refractivity contribution in [2.24, 2.45) is 5.92 Å². The van der Waals surface area contributed by atoms with E-state index in [1.165, 1.54) is 25.3 Å². The Balaban J connectivity index is 2.11. The quantitative estimate of drug-likeness (QED) is 0.704. The van der Waals surface area contributed by atoms with E-state index < -0.39 is 23.6 Å². The summed E-state index contributed by atoms with van der Waals surface area (Å²) in [5.74, 6) is -2.72. The van der Waals surface area contributed by atoms with E-state index in [4.69, 9.17) is 9.47 Å². The van der Waals surface area contributed by atoms with Crippen molar-refractivity contribution in [1.29, 1.82) is 0 Å². The molecule has 0 aliphatic carbocycles. The first-order valence-corrected chi connectivity index (χ1v) is 8.52. The molecule has 0 aliphatic rings. The predicted octanol–water partition coefficient (Wildman–Crippen LogP) is 2.91. The molecule has 1 amide bonds. The maximum absolute atomic E-state index is 13.9. The summed E-state index contributed by atoms with van der Waals surface area (Å²) in [4.78, 5) is 24.0. The summed E-state index contributed by atoms with van der Waals surface area (Å²) >= 11 is 0. The number of hydrogen-bond donors (Lipinski definition) is 2. The summed E-state index contributed by atoms with van der Waals surface area (Å²) in [6.45, 7) is 1.77. The summed E-state index contributed by atoms with van der Waals surface area (Å²) in [7, 11) is 1.51. The highest BCUT2D eigenvalue weighted by Crippen LogP contribution is 2.23. The van der Waals surface area contributed by atoms with Crippen LogP contribution in [-0.4, -0.2) is 37.2 Å². The van der Waals surface area contributed by atoms with Gasteiger partial charge >= 0.3 is 5.97 Å². The van der Waals surface area contributed by atoms with Gasteiger partial charge in [0.25, 0.3) is 5.91 Å². The van der Waals surface area contributed by atoms with E-state index in [0.717, 1.165) is 5.56 Å². The molecule has 2 N–H and O–H groups in total. The third-order valence-electron chi connectivity index (χ3n) is 4.02. The summed E-state index contributed by atoms with van der Waals surface area (Å²) in [6.07, 6.45) is 0.182. The van der Waals surface area contributed by atoms with Crippen LogP contribution >= 0.6 is 0 Å². The molecule has 0 saturated carbocycles. The van der Waals surface area contributed by atoms with Crippen LogP contribution < -0.4 is 14.8 Å². The highest BCUT2D eigenvalue weighted by atomic mass is 19.1. The SMILES string of the molecule is CCOc1c(F)cccc1C(=O)NCC(Cc1ccccc1OC)C(=O)O. The summed E-state index contributed by atoms with van der Waals surface area (Å²) < 4.78 is 24.3. The van der Waals surface area contributed by atoms with E-state index in [-0.39, 0.29) is 30.9 Å². The van der Waals surface area contributed by atoms with Gasteiger partial charge in [-0.3, -0.25) is 9.59 Å². The third-order valence-corrected chi connectivity index (χ3v) is 4.02. The van der Waals surface area contributed by atoms with Gasteiger partial charge in [-0.25, -0.2) is 4.39 Å². The first kappa shape index (κ1) is 20.2. The Morgan fingerprint density at radius 2 is 1.93 bits per heavy atom. The van der Waals surface area contributed by atoms with Gasteiger partial charge < -0.3 is 19.9 Å². The first-order chi connectivity index (χ1) is 13.0. The number of carboxylic acid groups (broad SMARTS) is 1. The topological polar surface area (TPSA) is 84.9 Å². The molecule has 0 fully saturated rings. The number of amides is 1. The zero-order valence-electron chi connectivity index (χ0n) is 15.2. The number of rotatable bonds is 9. The molecular weight excluding hydrogens is 353 g/mol. The van der Waals surface area contributed by atoms with Crippen molar-refractivity contribution < 1.29 is 28.6 Å². The van der Waals surface area contributed by atoms with Crippen LogP contribution in [0.1, 0.15) is 22.8 Å². The number of carboxylic acids is 1. The lowest BCUT2D eigenvalue weighted by Gasteiger charge is -2.16. The Bertz CT molecular complexity index is 809. The number of methoxy groups -OCH3 is 1. The van der Waals surface area contributed by atoms with Crippen molar-refractivity contribution in [3.05, 3.63) is 59.4 Å². The van der Waals surface area contributed by atoms with Gasteiger partial charge in [-0.15, -0.1) is 0 Å².